The van der Waals surface area contributed by atoms with Gasteiger partial charge in [0.15, 0.2) is 0 Å². The van der Waals surface area contributed by atoms with Crippen LogP contribution < -0.4 is 0 Å². The number of aromatic nitrogens is 2. The van der Waals surface area contributed by atoms with Gasteiger partial charge in [0.25, 0.3) is 0 Å². The van der Waals surface area contributed by atoms with Gasteiger partial charge in [-0.2, -0.15) is 0 Å². The Balaban J connectivity index is 1.78. The highest BCUT2D eigenvalue weighted by Crippen LogP contribution is 2.44. The van der Waals surface area contributed by atoms with Gasteiger partial charge in [-0.15, -0.1) is 0 Å². The van der Waals surface area contributed by atoms with Crippen molar-refractivity contribution < 1.29 is 29.3 Å². The number of fused-ring (bicyclic) bond motifs is 2. The molecule has 2 aromatic heterocycles. The fourth-order valence-corrected chi connectivity index (χ4v) is 4.94. The Bertz CT molecular complexity index is 1340. The topological polar surface area (TPSA) is 103 Å². The number of nitrogens with zero attached hydrogens (tertiary/aromatic N) is 2. The summed E-state index contributed by atoms with van der Waals surface area (Å²) in [6.45, 7) is 3.72. The zero-order valence-corrected chi connectivity index (χ0v) is 20.0. The third kappa shape index (κ3) is 3.62. The summed E-state index contributed by atoms with van der Waals surface area (Å²) in [6, 6.07) is 18.3. The molecule has 2 aromatic carbocycles. The first-order chi connectivity index (χ1) is 17.5. The van der Waals surface area contributed by atoms with Crippen molar-refractivity contribution in [3.63, 3.8) is 0 Å². The highest BCUT2D eigenvalue weighted by Gasteiger charge is 2.38. The Morgan fingerprint density at radius 2 is 1.06 bits per heavy atom. The van der Waals surface area contributed by atoms with E-state index in [1.54, 1.807) is 23.0 Å². The largest absolute Gasteiger partial charge is 0.494 e. The average molecular weight is 487 g/mol. The lowest BCUT2D eigenvalue weighted by Gasteiger charge is -2.19. The molecule has 36 heavy (non-hydrogen) atoms. The number of aromatic hydroxyl groups is 2. The van der Waals surface area contributed by atoms with Crippen molar-refractivity contribution in [1.29, 1.82) is 0 Å². The molecule has 8 nitrogen and oxygen atoms in total. The van der Waals surface area contributed by atoms with Crippen LogP contribution in [0.2, 0.25) is 0 Å². The summed E-state index contributed by atoms with van der Waals surface area (Å²) in [5.41, 5.74) is 3.96. The molecule has 0 bridgehead atoms. The van der Waals surface area contributed by atoms with Crippen molar-refractivity contribution in [2.24, 2.45) is 0 Å². The predicted molar refractivity (Wildman–Crippen MR) is 132 cm³/mol. The fraction of sp³-hybridized carbons (Fsp3) is 0.214. The summed E-state index contributed by atoms with van der Waals surface area (Å²) in [5, 5.41) is 22.5. The van der Waals surface area contributed by atoms with Gasteiger partial charge in [-0.3, -0.25) is 9.13 Å². The van der Waals surface area contributed by atoms with Crippen molar-refractivity contribution in [2.45, 2.75) is 26.7 Å². The lowest BCUT2D eigenvalue weighted by atomic mass is 9.90. The number of para-hydroxylation sites is 2. The zero-order valence-electron chi connectivity index (χ0n) is 20.0. The quantitative estimate of drug-likeness (QED) is 0.342. The Labute approximate surface area is 207 Å². The van der Waals surface area contributed by atoms with Crippen LogP contribution in [0.15, 0.2) is 60.7 Å². The van der Waals surface area contributed by atoms with E-state index in [0.717, 1.165) is 0 Å². The number of carbonyl (C=O) groups is 2. The third-order valence-electron chi connectivity index (χ3n) is 6.39. The molecule has 1 aliphatic carbocycles. The smallest absolute Gasteiger partial charge is 0.343 e. The molecule has 0 fully saturated rings. The van der Waals surface area contributed by atoms with Gasteiger partial charge in [0.05, 0.1) is 13.2 Å². The molecule has 1 aliphatic rings. The van der Waals surface area contributed by atoms with E-state index in [1.165, 1.54) is 0 Å². The number of hydrogen-bond donors (Lipinski definition) is 2. The van der Waals surface area contributed by atoms with E-state index >= 15 is 0 Å². The minimum Gasteiger partial charge on any atom is -0.494 e. The van der Waals surface area contributed by atoms with Crippen molar-refractivity contribution in [2.75, 3.05) is 13.2 Å². The number of hydrogen-bond acceptors (Lipinski definition) is 6. The van der Waals surface area contributed by atoms with E-state index < -0.39 is 11.9 Å². The van der Waals surface area contributed by atoms with Gasteiger partial charge in [-0.05, 0) is 49.2 Å². The van der Waals surface area contributed by atoms with E-state index in [-0.39, 0.29) is 48.9 Å². The van der Waals surface area contributed by atoms with Crippen LogP contribution in [0.5, 0.6) is 11.8 Å². The van der Waals surface area contributed by atoms with E-state index in [4.69, 9.17) is 9.47 Å². The van der Waals surface area contributed by atoms with Crippen molar-refractivity contribution in [1.82, 2.24) is 9.13 Å². The maximum absolute atomic E-state index is 13.0. The third-order valence-corrected chi connectivity index (χ3v) is 6.39. The SMILES string of the molecule is CCOC(=O)c1c2c(n(-c3ccccc3)c1O)Cc1c(C(=O)OCC)c(O)n(-c3ccccc3)c1C2. The molecule has 5 rings (SSSR count). The standard InChI is InChI=1S/C28H26N2O6/c1-3-35-27(33)23-19-15-22-20(16-21(19)29(25(23)31)17-11-7-5-8-12-17)24(28(34)36-4-2)26(32)30(22)18-13-9-6-10-14-18/h5-14,31-32H,3-4,15-16H2,1-2H3. The number of carbonyl (C=O) groups excluding carboxylic acids is 2. The molecule has 2 heterocycles. The summed E-state index contributed by atoms with van der Waals surface area (Å²) < 4.78 is 13.8. The van der Waals surface area contributed by atoms with Gasteiger partial charge in [-0.25, -0.2) is 9.59 Å². The molecule has 2 N–H and O–H groups in total. The lowest BCUT2D eigenvalue weighted by molar-refractivity contribution is 0.0511. The first-order valence-corrected chi connectivity index (χ1v) is 11.8. The Kier molecular flexibility index (Phi) is 6.01. The molecule has 0 atom stereocenters. The Morgan fingerprint density at radius 3 is 1.39 bits per heavy atom. The Morgan fingerprint density at radius 1 is 0.694 bits per heavy atom. The van der Waals surface area contributed by atoms with Crippen molar-refractivity contribution >= 4 is 11.9 Å². The molecule has 0 unspecified atom stereocenters. The number of ether oxygens (including phenoxy) is 2. The molecule has 0 spiro atoms. The summed E-state index contributed by atoms with van der Waals surface area (Å²) >= 11 is 0. The van der Waals surface area contributed by atoms with E-state index in [2.05, 4.69) is 0 Å². The molecular weight excluding hydrogens is 460 g/mol. The van der Waals surface area contributed by atoms with E-state index in [1.807, 2.05) is 60.7 Å². The molecule has 0 radical (unpaired) electrons. The molecule has 0 aliphatic heterocycles. The molecule has 0 amide bonds. The second-order valence-corrected chi connectivity index (χ2v) is 8.38. The highest BCUT2D eigenvalue weighted by atomic mass is 16.5. The monoisotopic (exact) mass is 486 g/mol. The molecule has 4 aromatic rings. The van der Waals surface area contributed by atoms with Crippen molar-refractivity contribution in [3.05, 3.63) is 94.3 Å². The normalized spacial score (nSPS) is 12.1. The Hall–Kier alpha value is -4.46. The van der Waals surface area contributed by atoms with Crippen LogP contribution in [-0.4, -0.2) is 44.5 Å². The van der Waals surface area contributed by atoms with Crippen LogP contribution >= 0.6 is 0 Å². The van der Waals surface area contributed by atoms with Gasteiger partial charge in [0, 0.05) is 35.6 Å². The van der Waals surface area contributed by atoms with Crippen LogP contribution in [0.3, 0.4) is 0 Å². The molecule has 0 saturated carbocycles. The maximum atomic E-state index is 13.0. The van der Waals surface area contributed by atoms with Crippen LogP contribution in [-0.2, 0) is 22.3 Å². The zero-order chi connectivity index (χ0) is 25.4. The first-order valence-electron chi connectivity index (χ1n) is 11.8. The molecule has 0 saturated heterocycles. The van der Waals surface area contributed by atoms with Gasteiger partial charge in [0.1, 0.15) is 11.1 Å². The maximum Gasteiger partial charge on any atom is 0.343 e. The van der Waals surface area contributed by atoms with Gasteiger partial charge in [0.2, 0.25) is 11.8 Å². The molecule has 8 heteroatoms. The summed E-state index contributed by atoms with van der Waals surface area (Å²) in [6.07, 6.45) is 0.377. The van der Waals surface area contributed by atoms with Gasteiger partial charge in [-0.1, -0.05) is 36.4 Å². The van der Waals surface area contributed by atoms with Crippen LogP contribution in [0.4, 0.5) is 0 Å². The minimum atomic E-state index is -0.628. The highest BCUT2D eigenvalue weighted by molar-refractivity contribution is 5.97. The van der Waals surface area contributed by atoms with Crippen molar-refractivity contribution in [3.8, 4) is 23.1 Å². The lowest BCUT2D eigenvalue weighted by Crippen LogP contribution is -2.16. The van der Waals surface area contributed by atoms with E-state index in [9.17, 15) is 19.8 Å². The molecular formula is C28H26N2O6. The summed E-state index contributed by atoms with van der Waals surface area (Å²) in [5.74, 6) is -1.69. The van der Waals surface area contributed by atoms with Crippen LogP contribution in [0.25, 0.3) is 11.4 Å². The van der Waals surface area contributed by atoms with Crippen LogP contribution in [0.1, 0.15) is 57.1 Å². The van der Waals surface area contributed by atoms with Crippen LogP contribution in [0, 0.1) is 0 Å². The summed E-state index contributed by atoms with van der Waals surface area (Å²) in [4.78, 5) is 26.0. The van der Waals surface area contributed by atoms with E-state index in [0.29, 0.717) is 33.9 Å². The van der Waals surface area contributed by atoms with Gasteiger partial charge < -0.3 is 19.7 Å². The number of esters is 2. The number of rotatable bonds is 6. The predicted octanol–water partition coefficient (Wildman–Crippen LogP) is 4.53. The minimum absolute atomic E-state index is 0.0827. The first kappa shape index (κ1) is 23.3. The fourth-order valence-electron chi connectivity index (χ4n) is 4.94. The number of benzene rings is 2. The average Bonchev–Trinajstić information content (AvgIpc) is 3.32. The van der Waals surface area contributed by atoms with Gasteiger partial charge >= 0.3 is 11.9 Å². The summed E-state index contributed by atoms with van der Waals surface area (Å²) in [7, 11) is 0. The second-order valence-electron chi connectivity index (χ2n) is 8.38. The second kappa shape index (κ2) is 9.30. The molecule has 184 valence electrons.